The summed E-state index contributed by atoms with van der Waals surface area (Å²) in [4.78, 5) is 12.4. The molecule has 1 amide bonds. The predicted molar refractivity (Wildman–Crippen MR) is 83.8 cm³/mol. The fourth-order valence-corrected chi connectivity index (χ4v) is 3.82. The van der Waals surface area contributed by atoms with E-state index in [0.717, 1.165) is 13.1 Å². The third-order valence-electron chi connectivity index (χ3n) is 5.04. The van der Waals surface area contributed by atoms with E-state index in [0.29, 0.717) is 11.8 Å². The first-order chi connectivity index (χ1) is 10.3. The number of rotatable bonds is 3. The lowest BCUT2D eigenvalue weighted by atomic mass is 9.99. The van der Waals surface area contributed by atoms with Crippen LogP contribution in [0.3, 0.4) is 0 Å². The molecular formula is C18H20N2O. The van der Waals surface area contributed by atoms with Gasteiger partial charge in [0.25, 0.3) is 0 Å². The van der Waals surface area contributed by atoms with E-state index in [9.17, 15) is 4.79 Å². The standard InChI is InChI=1S/C18H20N2O/c1-11(20-18(21)17-15-9-19-10-16(15)17)13-8-4-6-12-5-2-3-7-14(12)13/h2-8,11,15-17,19H,9-10H2,1H3,(H,20,21)/t11-,15-,16+,17+/m0/s1. The van der Waals surface area contributed by atoms with Crippen molar-refractivity contribution in [1.82, 2.24) is 10.6 Å². The van der Waals surface area contributed by atoms with Crippen LogP contribution in [0.1, 0.15) is 18.5 Å². The van der Waals surface area contributed by atoms with Gasteiger partial charge in [0.2, 0.25) is 5.91 Å². The summed E-state index contributed by atoms with van der Waals surface area (Å²) in [6.07, 6.45) is 0. The monoisotopic (exact) mass is 280 g/mol. The number of amides is 1. The maximum Gasteiger partial charge on any atom is 0.224 e. The van der Waals surface area contributed by atoms with E-state index in [1.807, 2.05) is 6.07 Å². The topological polar surface area (TPSA) is 41.1 Å². The summed E-state index contributed by atoms with van der Waals surface area (Å²) < 4.78 is 0. The maximum atomic E-state index is 12.4. The molecule has 0 unspecified atom stereocenters. The van der Waals surface area contributed by atoms with Gasteiger partial charge in [-0.25, -0.2) is 0 Å². The van der Waals surface area contributed by atoms with Gasteiger partial charge in [0, 0.05) is 5.92 Å². The van der Waals surface area contributed by atoms with Crippen LogP contribution < -0.4 is 10.6 Å². The second-order valence-electron chi connectivity index (χ2n) is 6.31. The number of benzene rings is 2. The van der Waals surface area contributed by atoms with Crippen LogP contribution in [0.15, 0.2) is 42.5 Å². The maximum absolute atomic E-state index is 12.4. The van der Waals surface area contributed by atoms with Crippen molar-refractivity contribution < 1.29 is 4.79 Å². The van der Waals surface area contributed by atoms with Gasteiger partial charge >= 0.3 is 0 Å². The van der Waals surface area contributed by atoms with Gasteiger partial charge in [-0.1, -0.05) is 42.5 Å². The summed E-state index contributed by atoms with van der Waals surface area (Å²) in [6, 6.07) is 14.7. The molecule has 2 aliphatic rings. The summed E-state index contributed by atoms with van der Waals surface area (Å²) in [7, 11) is 0. The number of nitrogens with one attached hydrogen (secondary N) is 2. The molecule has 0 spiro atoms. The zero-order valence-corrected chi connectivity index (χ0v) is 12.2. The van der Waals surface area contributed by atoms with Crippen LogP contribution in [0.25, 0.3) is 10.8 Å². The zero-order valence-electron chi connectivity index (χ0n) is 12.2. The van der Waals surface area contributed by atoms with Gasteiger partial charge in [-0.15, -0.1) is 0 Å². The Labute approximate surface area is 124 Å². The highest BCUT2D eigenvalue weighted by Crippen LogP contribution is 2.48. The lowest BCUT2D eigenvalue weighted by Crippen LogP contribution is -2.31. The summed E-state index contributed by atoms with van der Waals surface area (Å²) >= 11 is 0. The minimum Gasteiger partial charge on any atom is -0.349 e. The predicted octanol–water partition coefficient (Wildman–Crippen LogP) is 2.48. The Morgan fingerprint density at radius 3 is 2.67 bits per heavy atom. The van der Waals surface area contributed by atoms with Crippen molar-refractivity contribution in [3.8, 4) is 0 Å². The Morgan fingerprint density at radius 1 is 1.14 bits per heavy atom. The zero-order chi connectivity index (χ0) is 14.4. The Kier molecular flexibility index (Phi) is 2.96. The van der Waals surface area contributed by atoms with Crippen molar-refractivity contribution in [3.63, 3.8) is 0 Å². The van der Waals surface area contributed by atoms with E-state index in [2.05, 4.69) is 54.0 Å². The van der Waals surface area contributed by atoms with Crippen LogP contribution in [-0.2, 0) is 4.79 Å². The van der Waals surface area contributed by atoms with Crippen LogP contribution in [0.5, 0.6) is 0 Å². The quantitative estimate of drug-likeness (QED) is 0.907. The molecule has 0 bridgehead atoms. The molecule has 2 aromatic carbocycles. The van der Waals surface area contributed by atoms with Crippen molar-refractivity contribution in [2.24, 2.45) is 17.8 Å². The summed E-state index contributed by atoms with van der Waals surface area (Å²) in [5.74, 6) is 1.62. The van der Waals surface area contributed by atoms with Gasteiger partial charge in [-0.2, -0.15) is 0 Å². The van der Waals surface area contributed by atoms with Gasteiger partial charge in [0.1, 0.15) is 0 Å². The van der Waals surface area contributed by atoms with Gasteiger partial charge in [-0.3, -0.25) is 4.79 Å². The number of hydrogen-bond donors (Lipinski definition) is 2. The second kappa shape index (κ2) is 4.85. The van der Waals surface area contributed by atoms with Gasteiger partial charge in [-0.05, 0) is 48.2 Å². The molecule has 2 fully saturated rings. The average molecular weight is 280 g/mol. The SMILES string of the molecule is C[C@H](NC(=O)[C@H]1[C@@H]2CNC[C@@H]21)c1cccc2ccccc12. The molecule has 0 aromatic heterocycles. The van der Waals surface area contributed by atoms with E-state index in [-0.39, 0.29) is 17.9 Å². The molecule has 3 heteroatoms. The average Bonchev–Trinajstić information content (AvgIpc) is 3.00. The Bertz CT molecular complexity index is 681. The lowest BCUT2D eigenvalue weighted by Gasteiger charge is -2.17. The molecule has 1 aliphatic heterocycles. The molecule has 1 saturated carbocycles. The molecule has 4 atom stereocenters. The molecule has 1 saturated heterocycles. The number of piperidine rings is 1. The number of carbonyl (C=O) groups excluding carboxylic acids is 1. The molecule has 1 aliphatic carbocycles. The number of fused-ring (bicyclic) bond motifs is 2. The summed E-state index contributed by atoms with van der Waals surface area (Å²) in [6.45, 7) is 4.09. The van der Waals surface area contributed by atoms with E-state index in [1.54, 1.807) is 0 Å². The molecule has 0 radical (unpaired) electrons. The van der Waals surface area contributed by atoms with Crippen molar-refractivity contribution >= 4 is 16.7 Å². The molecular weight excluding hydrogens is 260 g/mol. The fourth-order valence-electron chi connectivity index (χ4n) is 3.82. The van der Waals surface area contributed by atoms with Crippen molar-refractivity contribution in [1.29, 1.82) is 0 Å². The molecule has 108 valence electrons. The minimum absolute atomic E-state index is 0.0536. The third kappa shape index (κ3) is 2.12. The first-order valence-corrected chi connectivity index (χ1v) is 7.74. The molecule has 3 nitrogen and oxygen atoms in total. The molecule has 1 heterocycles. The first kappa shape index (κ1) is 12.8. The summed E-state index contributed by atoms with van der Waals surface area (Å²) in [5, 5.41) is 9.00. The van der Waals surface area contributed by atoms with Crippen molar-refractivity contribution in [3.05, 3.63) is 48.0 Å². The number of hydrogen-bond acceptors (Lipinski definition) is 2. The van der Waals surface area contributed by atoms with Crippen molar-refractivity contribution in [2.75, 3.05) is 13.1 Å². The largest absolute Gasteiger partial charge is 0.349 e. The fraction of sp³-hybridized carbons (Fsp3) is 0.389. The van der Waals surface area contributed by atoms with Crippen LogP contribution in [0, 0.1) is 17.8 Å². The normalized spacial score (nSPS) is 28.1. The Balaban J connectivity index is 1.54. The highest BCUT2D eigenvalue weighted by molar-refractivity contribution is 5.87. The Hall–Kier alpha value is -1.87. The Morgan fingerprint density at radius 2 is 1.86 bits per heavy atom. The van der Waals surface area contributed by atoms with Crippen molar-refractivity contribution in [2.45, 2.75) is 13.0 Å². The van der Waals surface area contributed by atoms with Gasteiger partial charge in [0.15, 0.2) is 0 Å². The third-order valence-corrected chi connectivity index (χ3v) is 5.04. The van der Waals surface area contributed by atoms with E-state index >= 15 is 0 Å². The highest BCUT2D eigenvalue weighted by atomic mass is 16.2. The summed E-state index contributed by atoms with van der Waals surface area (Å²) in [5.41, 5.74) is 1.20. The number of carbonyl (C=O) groups is 1. The van der Waals surface area contributed by atoms with Crippen LogP contribution in [-0.4, -0.2) is 19.0 Å². The molecule has 2 N–H and O–H groups in total. The van der Waals surface area contributed by atoms with Crippen LogP contribution in [0.4, 0.5) is 0 Å². The van der Waals surface area contributed by atoms with E-state index in [4.69, 9.17) is 0 Å². The molecule has 2 aromatic rings. The first-order valence-electron chi connectivity index (χ1n) is 7.74. The van der Waals surface area contributed by atoms with E-state index in [1.165, 1.54) is 16.3 Å². The van der Waals surface area contributed by atoms with E-state index < -0.39 is 0 Å². The van der Waals surface area contributed by atoms with Gasteiger partial charge in [0.05, 0.1) is 6.04 Å². The lowest BCUT2D eigenvalue weighted by molar-refractivity contribution is -0.123. The second-order valence-corrected chi connectivity index (χ2v) is 6.31. The van der Waals surface area contributed by atoms with Crippen LogP contribution in [0.2, 0.25) is 0 Å². The molecule has 4 rings (SSSR count). The van der Waals surface area contributed by atoms with Crippen LogP contribution >= 0.6 is 0 Å². The van der Waals surface area contributed by atoms with Gasteiger partial charge < -0.3 is 10.6 Å². The molecule has 21 heavy (non-hydrogen) atoms. The highest BCUT2D eigenvalue weighted by Gasteiger charge is 2.56. The smallest absolute Gasteiger partial charge is 0.224 e. The minimum atomic E-state index is 0.0536.